The van der Waals surface area contributed by atoms with Crippen LogP contribution in [-0.4, -0.2) is 33.6 Å². The third kappa shape index (κ3) is 3.90. The van der Waals surface area contributed by atoms with Crippen molar-refractivity contribution in [1.82, 2.24) is 15.0 Å². The highest BCUT2D eigenvalue weighted by molar-refractivity contribution is 5.93. The lowest BCUT2D eigenvalue weighted by Crippen LogP contribution is -2.29. The van der Waals surface area contributed by atoms with E-state index in [2.05, 4.69) is 20.3 Å². The minimum absolute atomic E-state index is 0.00322. The van der Waals surface area contributed by atoms with E-state index in [1.54, 1.807) is 24.5 Å². The molecule has 0 unspecified atom stereocenters. The second kappa shape index (κ2) is 7.77. The molecule has 162 valence electrons. The first-order chi connectivity index (χ1) is 14.7. The number of fused-ring (bicyclic) bond motifs is 2. The van der Waals surface area contributed by atoms with E-state index in [9.17, 15) is 4.79 Å². The lowest BCUT2D eigenvalue weighted by atomic mass is 9.93. The van der Waals surface area contributed by atoms with Crippen LogP contribution in [0, 0.1) is 0 Å². The van der Waals surface area contributed by atoms with Gasteiger partial charge in [-0.15, -0.1) is 0 Å². The van der Waals surface area contributed by atoms with Gasteiger partial charge in [-0.25, -0.2) is 19.7 Å². The summed E-state index contributed by atoms with van der Waals surface area (Å²) in [6.45, 7) is 10.2. The van der Waals surface area contributed by atoms with Gasteiger partial charge in [0.25, 0.3) is 0 Å². The predicted molar refractivity (Wildman–Crippen MR) is 119 cm³/mol. The van der Waals surface area contributed by atoms with Crippen LogP contribution in [0.3, 0.4) is 0 Å². The van der Waals surface area contributed by atoms with Gasteiger partial charge in [-0.05, 0) is 56.8 Å². The Hall–Kier alpha value is -3.26. The van der Waals surface area contributed by atoms with Crippen LogP contribution in [0.2, 0.25) is 0 Å². The molecule has 1 aliphatic rings. The van der Waals surface area contributed by atoms with E-state index in [0.717, 1.165) is 22.0 Å². The molecule has 3 N–H and O–H groups in total. The number of esters is 1. The number of carbonyl (C=O) groups excluding carboxylic acids is 1. The zero-order chi connectivity index (χ0) is 22.3. The van der Waals surface area contributed by atoms with E-state index in [1.165, 1.54) is 0 Å². The molecule has 0 bridgehead atoms. The summed E-state index contributed by atoms with van der Waals surface area (Å²) in [4.78, 5) is 25.8. The predicted octanol–water partition coefficient (Wildman–Crippen LogP) is 4.02. The van der Waals surface area contributed by atoms with Gasteiger partial charge in [0.2, 0.25) is 5.88 Å². The second-order valence-electron chi connectivity index (χ2n) is 8.40. The van der Waals surface area contributed by atoms with Gasteiger partial charge in [-0.2, -0.15) is 0 Å². The van der Waals surface area contributed by atoms with Crippen molar-refractivity contribution in [3.05, 3.63) is 47.4 Å². The molecule has 31 heavy (non-hydrogen) atoms. The molecule has 0 amide bonds. The normalized spacial score (nSPS) is 18.5. The SMILES string of the molecule is CCOc1ncc(C(C)(C)N)c2cc(Nc3ccc4c(n3)[C@H](C)[C@H](C)OC4=O)ncc12. The highest BCUT2D eigenvalue weighted by Crippen LogP contribution is 2.34. The number of nitrogens with two attached hydrogens (primary N) is 1. The number of carbonyl (C=O) groups is 1. The van der Waals surface area contributed by atoms with E-state index in [-0.39, 0.29) is 18.0 Å². The van der Waals surface area contributed by atoms with Crippen LogP contribution in [0.4, 0.5) is 11.6 Å². The molecule has 0 saturated heterocycles. The number of rotatable bonds is 5. The average Bonchev–Trinajstić information content (AvgIpc) is 2.71. The van der Waals surface area contributed by atoms with E-state index < -0.39 is 5.54 Å². The zero-order valence-corrected chi connectivity index (χ0v) is 18.4. The molecule has 0 radical (unpaired) electrons. The Morgan fingerprint density at radius 1 is 1.16 bits per heavy atom. The van der Waals surface area contributed by atoms with Gasteiger partial charge >= 0.3 is 5.97 Å². The molecule has 2 atom stereocenters. The van der Waals surface area contributed by atoms with Gasteiger partial charge < -0.3 is 20.5 Å². The Morgan fingerprint density at radius 3 is 2.65 bits per heavy atom. The van der Waals surface area contributed by atoms with Crippen molar-refractivity contribution >= 4 is 28.4 Å². The van der Waals surface area contributed by atoms with E-state index in [1.807, 2.05) is 40.7 Å². The molecular weight excluding hydrogens is 394 g/mol. The van der Waals surface area contributed by atoms with Gasteiger partial charge in [-0.3, -0.25) is 0 Å². The van der Waals surface area contributed by atoms with Crippen molar-refractivity contribution in [3.8, 4) is 5.88 Å². The summed E-state index contributed by atoms with van der Waals surface area (Å²) < 4.78 is 11.0. The van der Waals surface area contributed by atoms with E-state index >= 15 is 0 Å². The highest BCUT2D eigenvalue weighted by atomic mass is 16.5. The standard InChI is InChI=1S/C23H27N5O3/c1-6-30-21-16-10-25-19(9-15(16)17(11-26-21)23(4,5)24)27-18-8-7-14-20(28-18)12(2)13(3)31-22(14)29/h7-13H,6,24H2,1-5H3,(H,25,27,28)/t12-,13+/m1/s1. The van der Waals surface area contributed by atoms with Gasteiger partial charge in [-0.1, -0.05) is 6.92 Å². The summed E-state index contributed by atoms with van der Waals surface area (Å²) in [6.07, 6.45) is 3.26. The molecule has 0 spiro atoms. The summed E-state index contributed by atoms with van der Waals surface area (Å²) in [5, 5.41) is 4.96. The molecule has 0 saturated carbocycles. The molecule has 3 aromatic rings. The third-order valence-corrected chi connectivity index (χ3v) is 5.54. The Kier molecular flexibility index (Phi) is 5.26. The second-order valence-corrected chi connectivity index (χ2v) is 8.40. The van der Waals surface area contributed by atoms with Crippen LogP contribution in [0.15, 0.2) is 30.6 Å². The molecule has 0 aromatic carbocycles. The minimum Gasteiger partial charge on any atom is -0.477 e. The number of hydrogen-bond donors (Lipinski definition) is 2. The van der Waals surface area contributed by atoms with Crippen LogP contribution >= 0.6 is 0 Å². The molecule has 0 aliphatic carbocycles. The lowest BCUT2D eigenvalue weighted by molar-refractivity contribution is 0.0235. The molecule has 4 heterocycles. The third-order valence-electron chi connectivity index (χ3n) is 5.54. The van der Waals surface area contributed by atoms with Crippen LogP contribution in [0.1, 0.15) is 62.2 Å². The monoisotopic (exact) mass is 421 g/mol. The Balaban J connectivity index is 1.75. The Morgan fingerprint density at radius 2 is 1.94 bits per heavy atom. The van der Waals surface area contributed by atoms with Gasteiger partial charge in [0.1, 0.15) is 17.7 Å². The molecule has 8 nitrogen and oxygen atoms in total. The summed E-state index contributed by atoms with van der Waals surface area (Å²) >= 11 is 0. The van der Waals surface area contributed by atoms with Crippen molar-refractivity contribution in [2.24, 2.45) is 5.73 Å². The Bertz CT molecular complexity index is 1160. The van der Waals surface area contributed by atoms with Gasteiger partial charge in [0, 0.05) is 23.9 Å². The number of nitrogens with one attached hydrogen (secondary N) is 1. The molecule has 4 rings (SSSR count). The fourth-order valence-electron chi connectivity index (χ4n) is 3.70. The van der Waals surface area contributed by atoms with Crippen LogP contribution in [0.25, 0.3) is 10.8 Å². The van der Waals surface area contributed by atoms with E-state index in [0.29, 0.717) is 29.7 Å². The molecule has 3 aromatic heterocycles. The van der Waals surface area contributed by atoms with Crippen molar-refractivity contribution in [3.63, 3.8) is 0 Å². The molecular formula is C23H27N5O3. The molecule has 1 aliphatic heterocycles. The number of cyclic esters (lactones) is 1. The Labute approximate surface area is 181 Å². The summed E-state index contributed by atoms with van der Waals surface area (Å²) in [5.74, 6) is 1.40. The fraction of sp³-hybridized carbons (Fsp3) is 0.391. The highest BCUT2D eigenvalue weighted by Gasteiger charge is 2.31. The van der Waals surface area contributed by atoms with Crippen LogP contribution in [-0.2, 0) is 10.3 Å². The summed E-state index contributed by atoms with van der Waals surface area (Å²) in [6, 6.07) is 5.41. The van der Waals surface area contributed by atoms with Gasteiger partial charge in [0.05, 0.1) is 23.3 Å². The average molecular weight is 422 g/mol. The maximum Gasteiger partial charge on any atom is 0.340 e. The number of ether oxygens (including phenoxy) is 2. The van der Waals surface area contributed by atoms with Crippen LogP contribution < -0.4 is 15.8 Å². The molecule has 0 fully saturated rings. The van der Waals surface area contributed by atoms with Crippen molar-refractivity contribution in [2.45, 2.75) is 52.2 Å². The summed E-state index contributed by atoms with van der Waals surface area (Å²) in [5.41, 5.74) is 7.91. The topological polar surface area (TPSA) is 112 Å². The van der Waals surface area contributed by atoms with Crippen molar-refractivity contribution in [1.29, 1.82) is 0 Å². The quantitative estimate of drug-likeness (QED) is 0.594. The zero-order valence-electron chi connectivity index (χ0n) is 18.4. The lowest BCUT2D eigenvalue weighted by Gasteiger charge is -2.27. The molecule has 8 heteroatoms. The maximum atomic E-state index is 12.1. The number of pyridine rings is 3. The summed E-state index contributed by atoms with van der Waals surface area (Å²) in [7, 11) is 0. The maximum absolute atomic E-state index is 12.1. The fourth-order valence-corrected chi connectivity index (χ4v) is 3.70. The number of nitrogens with zero attached hydrogens (tertiary/aromatic N) is 3. The number of hydrogen-bond acceptors (Lipinski definition) is 8. The number of anilines is 2. The van der Waals surface area contributed by atoms with E-state index in [4.69, 9.17) is 15.2 Å². The number of aromatic nitrogens is 3. The minimum atomic E-state index is -0.593. The van der Waals surface area contributed by atoms with Crippen molar-refractivity contribution in [2.75, 3.05) is 11.9 Å². The first kappa shape index (κ1) is 21.0. The smallest absolute Gasteiger partial charge is 0.340 e. The van der Waals surface area contributed by atoms with Gasteiger partial charge in [0.15, 0.2) is 0 Å². The largest absolute Gasteiger partial charge is 0.477 e. The van der Waals surface area contributed by atoms with Crippen LogP contribution in [0.5, 0.6) is 5.88 Å². The first-order valence-corrected chi connectivity index (χ1v) is 10.4. The first-order valence-electron chi connectivity index (χ1n) is 10.4. The van der Waals surface area contributed by atoms with Crippen molar-refractivity contribution < 1.29 is 14.3 Å².